The molecule has 1 saturated heterocycles. The molecule has 144 valence electrons. The van der Waals surface area contributed by atoms with Gasteiger partial charge in [0.2, 0.25) is 11.8 Å². The van der Waals surface area contributed by atoms with Crippen molar-refractivity contribution in [1.82, 2.24) is 9.88 Å². The number of piperidine rings is 1. The number of hydrogen-bond donors (Lipinski definition) is 0. The molecule has 0 spiro atoms. The van der Waals surface area contributed by atoms with Crippen molar-refractivity contribution in [3.8, 4) is 5.88 Å². The minimum atomic E-state index is -4.43. The Morgan fingerprint density at radius 2 is 1.78 bits per heavy atom. The standard InChI is InChI=1S/C19H18F4N2O2/c20-15-4-1-13(2-5-15)11-18(26)25-9-7-16(8-10-25)27-17-6-3-14(12-24-17)19(21,22)23/h1-6,12,16H,7-11H2. The molecule has 0 saturated carbocycles. The second-order valence-corrected chi connectivity index (χ2v) is 6.38. The van der Waals surface area contributed by atoms with Crippen molar-refractivity contribution in [3.05, 3.63) is 59.5 Å². The van der Waals surface area contributed by atoms with Crippen molar-refractivity contribution < 1.29 is 27.1 Å². The maximum absolute atomic E-state index is 12.9. The van der Waals surface area contributed by atoms with Gasteiger partial charge in [0, 0.05) is 38.2 Å². The molecule has 1 aliphatic rings. The van der Waals surface area contributed by atoms with Crippen molar-refractivity contribution in [2.45, 2.75) is 31.5 Å². The van der Waals surface area contributed by atoms with Gasteiger partial charge in [-0.25, -0.2) is 9.37 Å². The Morgan fingerprint density at radius 1 is 1.11 bits per heavy atom. The van der Waals surface area contributed by atoms with Crippen LogP contribution < -0.4 is 4.74 Å². The Bertz CT molecular complexity index is 768. The number of rotatable bonds is 4. The van der Waals surface area contributed by atoms with E-state index in [-0.39, 0.29) is 30.1 Å². The van der Waals surface area contributed by atoms with Crippen LogP contribution in [0.4, 0.5) is 17.6 Å². The van der Waals surface area contributed by atoms with Crippen molar-refractivity contribution in [2.24, 2.45) is 0 Å². The number of ether oxygens (including phenoxy) is 1. The molecule has 1 fully saturated rings. The predicted octanol–water partition coefficient (Wildman–Crippen LogP) is 3.85. The largest absolute Gasteiger partial charge is 0.474 e. The summed E-state index contributed by atoms with van der Waals surface area (Å²) in [5, 5.41) is 0. The smallest absolute Gasteiger partial charge is 0.417 e. The van der Waals surface area contributed by atoms with Crippen LogP contribution in [0.1, 0.15) is 24.0 Å². The molecule has 0 N–H and O–H groups in total. The minimum Gasteiger partial charge on any atom is -0.474 e. The minimum absolute atomic E-state index is 0.0484. The van der Waals surface area contributed by atoms with E-state index in [2.05, 4.69) is 4.98 Å². The van der Waals surface area contributed by atoms with Gasteiger partial charge in [-0.3, -0.25) is 4.79 Å². The second kappa shape index (κ2) is 7.94. The molecule has 1 amide bonds. The lowest BCUT2D eigenvalue weighted by Crippen LogP contribution is -2.42. The molecular weight excluding hydrogens is 364 g/mol. The van der Waals surface area contributed by atoms with Crippen LogP contribution in [0.5, 0.6) is 5.88 Å². The van der Waals surface area contributed by atoms with Crippen LogP contribution in [0.3, 0.4) is 0 Å². The number of amides is 1. The first-order valence-corrected chi connectivity index (χ1v) is 8.53. The molecule has 0 radical (unpaired) electrons. The summed E-state index contributed by atoms with van der Waals surface area (Å²) in [6.07, 6.45) is -2.55. The van der Waals surface area contributed by atoms with Crippen LogP contribution in [0.15, 0.2) is 42.6 Å². The zero-order valence-electron chi connectivity index (χ0n) is 14.4. The fraction of sp³-hybridized carbons (Fsp3) is 0.368. The summed E-state index contributed by atoms with van der Waals surface area (Å²) in [6, 6.07) is 7.94. The molecule has 0 atom stereocenters. The summed E-state index contributed by atoms with van der Waals surface area (Å²) in [6.45, 7) is 0.983. The lowest BCUT2D eigenvalue weighted by molar-refractivity contribution is -0.137. The summed E-state index contributed by atoms with van der Waals surface area (Å²) in [7, 11) is 0. The molecule has 0 unspecified atom stereocenters. The van der Waals surface area contributed by atoms with E-state index in [0.717, 1.165) is 17.8 Å². The molecule has 3 rings (SSSR count). The molecule has 8 heteroatoms. The van der Waals surface area contributed by atoms with Gasteiger partial charge in [-0.15, -0.1) is 0 Å². The summed E-state index contributed by atoms with van der Waals surface area (Å²) in [4.78, 5) is 17.7. The van der Waals surface area contributed by atoms with Gasteiger partial charge in [0.1, 0.15) is 11.9 Å². The van der Waals surface area contributed by atoms with E-state index in [4.69, 9.17) is 4.74 Å². The predicted molar refractivity (Wildman–Crippen MR) is 89.6 cm³/mol. The first kappa shape index (κ1) is 19.1. The van der Waals surface area contributed by atoms with Crippen LogP contribution >= 0.6 is 0 Å². The number of hydrogen-bond acceptors (Lipinski definition) is 3. The molecule has 0 bridgehead atoms. The fourth-order valence-electron chi connectivity index (χ4n) is 2.90. The monoisotopic (exact) mass is 382 g/mol. The maximum Gasteiger partial charge on any atom is 0.417 e. The molecule has 1 aromatic carbocycles. The molecule has 1 aromatic heterocycles. The lowest BCUT2D eigenvalue weighted by atomic mass is 10.1. The number of aromatic nitrogens is 1. The third kappa shape index (κ3) is 5.18. The average molecular weight is 382 g/mol. The SMILES string of the molecule is O=C(Cc1ccc(F)cc1)N1CCC(Oc2ccc(C(F)(F)F)cn2)CC1. The Balaban J connectivity index is 1.48. The van der Waals surface area contributed by atoms with E-state index in [9.17, 15) is 22.4 Å². The molecule has 27 heavy (non-hydrogen) atoms. The Labute approximate surface area is 153 Å². The summed E-state index contributed by atoms with van der Waals surface area (Å²) < 4.78 is 56.1. The lowest BCUT2D eigenvalue weighted by Gasteiger charge is -2.32. The number of benzene rings is 1. The molecule has 2 heterocycles. The highest BCUT2D eigenvalue weighted by atomic mass is 19.4. The topological polar surface area (TPSA) is 42.4 Å². The number of carbonyl (C=O) groups is 1. The summed E-state index contributed by atoms with van der Waals surface area (Å²) in [5.41, 5.74) is -0.0789. The van der Waals surface area contributed by atoms with Gasteiger partial charge in [-0.1, -0.05) is 12.1 Å². The molecule has 2 aromatic rings. The second-order valence-electron chi connectivity index (χ2n) is 6.38. The van der Waals surface area contributed by atoms with E-state index < -0.39 is 11.7 Å². The van der Waals surface area contributed by atoms with Crippen molar-refractivity contribution >= 4 is 5.91 Å². The van der Waals surface area contributed by atoms with Crippen molar-refractivity contribution in [3.63, 3.8) is 0 Å². The van der Waals surface area contributed by atoms with Gasteiger partial charge >= 0.3 is 6.18 Å². The van der Waals surface area contributed by atoms with Crippen LogP contribution in [-0.2, 0) is 17.4 Å². The zero-order chi connectivity index (χ0) is 19.4. The van der Waals surface area contributed by atoms with Crippen LogP contribution in [0.2, 0.25) is 0 Å². The molecular formula is C19H18F4N2O2. The number of pyridine rings is 1. The van der Waals surface area contributed by atoms with Crippen molar-refractivity contribution in [1.29, 1.82) is 0 Å². The van der Waals surface area contributed by atoms with Gasteiger partial charge < -0.3 is 9.64 Å². The van der Waals surface area contributed by atoms with E-state index in [1.165, 1.54) is 18.2 Å². The van der Waals surface area contributed by atoms with Crippen LogP contribution in [0, 0.1) is 5.82 Å². The van der Waals surface area contributed by atoms with Gasteiger partial charge in [0.15, 0.2) is 0 Å². The normalized spacial score (nSPS) is 15.6. The number of halogens is 4. The van der Waals surface area contributed by atoms with E-state index >= 15 is 0 Å². The molecule has 1 aliphatic heterocycles. The molecule has 0 aliphatic carbocycles. The number of carbonyl (C=O) groups excluding carboxylic acids is 1. The van der Waals surface area contributed by atoms with E-state index in [0.29, 0.717) is 25.9 Å². The third-order valence-electron chi connectivity index (χ3n) is 4.41. The number of likely N-dealkylation sites (tertiary alicyclic amines) is 1. The first-order valence-electron chi connectivity index (χ1n) is 8.53. The Morgan fingerprint density at radius 3 is 2.33 bits per heavy atom. The Hall–Kier alpha value is -2.64. The van der Waals surface area contributed by atoms with Crippen LogP contribution in [0.25, 0.3) is 0 Å². The Kier molecular flexibility index (Phi) is 5.62. The fourth-order valence-corrected chi connectivity index (χ4v) is 2.90. The average Bonchev–Trinajstić information content (AvgIpc) is 2.64. The third-order valence-corrected chi connectivity index (χ3v) is 4.41. The maximum atomic E-state index is 12.9. The van der Waals surface area contributed by atoms with Gasteiger partial charge in [0.05, 0.1) is 12.0 Å². The zero-order valence-corrected chi connectivity index (χ0v) is 14.4. The van der Waals surface area contributed by atoms with Crippen LogP contribution in [-0.4, -0.2) is 35.0 Å². The highest BCUT2D eigenvalue weighted by Crippen LogP contribution is 2.29. The number of alkyl halides is 3. The summed E-state index contributed by atoms with van der Waals surface area (Å²) in [5.74, 6) is -0.257. The van der Waals surface area contributed by atoms with Gasteiger partial charge in [-0.2, -0.15) is 13.2 Å². The highest BCUT2D eigenvalue weighted by Gasteiger charge is 2.31. The number of nitrogens with zero attached hydrogens (tertiary/aromatic N) is 2. The van der Waals surface area contributed by atoms with Crippen molar-refractivity contribution in [2.75, 3.05) is 13.1 Å². The van der Waals surface area contributed by atoms with Gasteiger partial charge in [0.25, 0.3) is 0 Å². The summed E-state index contributed by atoms with van der Waals surface area (Å²) >= 11 is 0. The van der Waals surface area contributed by atoms with E-state index in [1.807, 2.05) is 0 Å². The van der Waals surface area contributed by atoms with Gasteiger partial charge in [-0.05, 0) is 23.8 Å². The quantitative estimate of drug-likeness (QED) is 0.755. The van der Waals surface area contributed by atoms with E-state index in [1.54, 1.807) is 17.0 Å². The first-order chi connectivity index (χ1) is 12.8. The molecule has 4 nitrogen and oxygen atoms in total. The highest BCUT2D eigenvalue weighted by molar-refractivity contribution is 5.78.